The van der Waals surface area contributed by atoms with E-state index in [2.05, 4.69) is 23.6 Å². The molecule has 6 rings (SSSR count). The number of aliphatic hydroxyl groups is 2. The highest BCUT2D eigenvalue weighted by Crippen LogP contribution is 2.57. The highest BCUT2D eigenvalue weighted by molar-refractivity contribution is 6.06. The number of aliphatic hydroxyl groups excluding tert-OH is 1. The highest BCUT2D eigenvalue weighted by Gasteiger charge is 2.64. The number of carbonyl (C=O) groups excluding carboxylic acids is 1. The van der Waals surface area contributed by atoms with Crippen molar-refractivity contribution < 1.29 is 43.4 Å². The number of nitrogens with zero attached hydrogens (tertiary/aromatic N) is 3. The molecule has 5 aliphatic rings. The summed E-state index contributed by atoms with van der Waals surface area (Å²) in [6.07, 6.45) is 2.26. The Balaban J connectivity index is 1.55. The lowest BCUT2D eigenvalue weighted by Gasteiger charge is -2.62. The van der Waals surface area contributed by atoms with Gasteiger partial charge in [-0.1, -0.05) is 12.1 Å². The van der Waals surface area contributed by atoms with Gasteiger partial charge in [-0.2, -0.15) is 5.26 Å². The molecule has 3 saturated heterocycles. The van der Waals surface area contributed by atoms with E-state index < -0.39 is 42.2 Å². The second-order valence-electron chi connectivity index (χ2n) is 11.8. The fraction of sp³-hybridized carbons (Fsp3) is 0.562. The van der Waals surface area contributed by atoms with Crippen molar-refractivity contribution in [3.63, 3.8) is 0 Å². The van der Waals surface area contributed by atoms with Crippen LogP contribution in [0.25, 0.3) is 0 Å². The van der Waals surface area contributed by atoms with Crippen molar-refractivity contribution in [2.24, 2.45) is 0 Å². The van der Waals surface area contributed by atoms with Crippen LogP contribution in [0.1, 0.15) is 36.1 Å². The van der Waals surface area contributed by atoms with E-state index >= 15 is 0 Å². The van der Waals surface area contributed by atoms with E-state index in [4.69, 9.17) is 28.4 Å². The van der Waals surface area contributed by atoms with E-state index in [1.54, 1.807) is 27.2 Å². The smallest absolute Gasteiger partial charge is 0.231 e. The number of rotatable bonds is 10. The molecular weight excluding hydrogens is 570 g/mol. The minimum Gasteiger partial charge on any atom is -0.493 e. The van der Waals surface area contributed by atoms with Crippen LogP contribution < -0.4 is 9.47 Å². The number of aryl methyl sites for hydroxylation is 1. The molecule has 12 nitrogen and oxygen atoms in total. The zero-order chi connectivity index (χ0) is 31.3. The summed E-state index contributed by atoms with van der Waals surface area (Å²) in [5.41, 5.74) is 1.23. The lowest BCUT2D eigenvalue weighted by atomic mass is 9.64. The molecule has 4 heterocycles. The zero-order valence-corrected chi connectivity index (χ0v) is 25.5. The molecule has 0 radical (unpaired) electrons. The Morgan fingerprint density at radius 2 is 1.98 bits per heavy atom. The lowest BCUT2D eigenvalue weighted by Crippen LogP contribution is -2.74. The molecule has 0 aromatic heterocycles. The van der Waals surface area contributed by atoms with Gasteiger partial charge in [0.05, 0.1) is 45.1 Å². The van der Waals surface area contributed by atoms with Gasteiger partial charge in [0.25, 0.3) is 0 Å². The van der Waals surface area contributed by atoms with Gasteiger partial charge in [-0.3, -0.25) is 14.6 Å². The summed E-state index contributed by atoms with van der Waals surface area (Å²) >= 11 is 0. The highest BCUT2D eigenvalue weighted by atomic mass is 16.7. The number of methoxy groups -OCH3 is 2. The number of carbonyl (C=O) groups is 1. The van der Waals surface area contributed by atoms with Crippen LogP contribution in [0.15, 0.2) is 41.4 Å². The van der Waals surface area contributed by atoms with Gasteiger partial charge in [-0.25, -0.2) is 0 Å². The summed E-state index contributed by atoms with van der Waals surface area (Å²) in [5.74, 6) is 1.11. The first-order valence-electron chi connectivity index (χ1n) is 14.8. The Bertz CT molecular complexity index is 1470. The molecule has 4 aliphatic heterocycles. The van der Waals surface area contributed by atoms with Crippen LogP contribution in [-0.4, -0.2) is 110 Å². The van der Waals surface area contributed by atoms with Crippen LogP contribution in [-0.2, 0) is 30.2 Å². The number of ketones is 1. The maximum Gasteiger partial charge on any atom is 0.231 e. The van der Waals surface area contributed by atoms with Gasteiger partial charge in [0.15, 0.2) is 41.2 Å². The Kier molecular flexibility index (Phi) is 8.21. The van der Waals surface area contributed by atoms with Crippen molar-refractivity contribution in [3.05, 3.63) is 58.1 Å². The van der Waals surface area contributed by atoms with Gasteiger partial charge in [0.1, 0.15) is 6.04 Å². The molecule has 2 unspecified atom stereocenters. The van der Waals surface area contributed by atoms with E-state index in [9.17, 15) is 20.3 Å². The summed E-state index contributed by atoms with van der Waals surface area (Å²) in [5, 5.41) is 34.0. The van der Waals surface area contributed by atoms with Gasteiger partial charge in [-0.15, -0.1) is 6.58 Å². The molecule has 0 saturated carbocycles. The number of Topliss-reactive ketones (excluding diaryl/α,β-unsaturated/α-hetero) is 1. The van der Waals surface area contributed by atoms with Crippen molar-refractivity contribution in [3.8, 4) is 17.6 Å². The van der Waals surface area contributed by atoms with Gasteiger partial charge in [0.2, 0.25) is 6.79 Å². The van der Waals surface area contributed by atoms with Crippen molar-refractivity contribution >= 4 is 5.78 Å². The average molecular weight is 610 g/mol. The molecule has 2 bridgehead atoms. The first-order chi connectivity index (χ1) is 21.3. The van der Waals surface area contributed by atoms with Crippen molar-refractivity contribution in [2.75, 3.05) is 54.2 Å². The molecule has 1 aromatic carbocycles. The Morgan fingerprint density at radius 3 is 2.66 bits per heavy atom. The van der Waals surface area contributed by atoms with Crippen LogP contribution in [0.4, 0.5) is 0 Å². The lowest BCUT2D eigenvalue weighted by molar-refractivity contribution is -0.151. The summed E-state index contributed by atoms with van der Waals surface area (Å²) < 4.78 is 34.4. The molecule has 236 valence electrons. The van der Waals surface area contributed by atoms with Crippen LogP contribution in [0, 0.1) is 18.3 Å². The van der Waals surface area contributed by atoms with Crippen LogP contribution in [0.5, 0.6) is 11.5 Å². The van der Waals surface area contributed by atoms with Gasteiger partial charge in [0, 0.05) is 48.9 Å². The summed E-state index contributed by atoms with van der Waals surface area (Å²) in [7, 11) is 3.18. The largest absolute Gasteiger partial charge is 0.493 e. The second-order valence-corrected chi connectivity index (χ2v) is 11.8. The topological polar surface area (TPSA) is 143 Å². The number of piperidine rings is 1. The SMILES string of the molecule is C=CCN1[C@@H]2c3c(cc(C)c(OC)c3OCOCCOC)C[C@H]1[C@H](C#N)N1C2CC2(O)C(=O)C(C)=C3OCOC3=C2[C@@H]1CO. The average Bonchev–Trinajstić information content (AvgIpc) is 3.49. The third-order valence-electron chi connectivity index (χ3n) is 9.61. The molecule has 6 atom stereocenters. The Morgan fingerprint density at radius 1 is 1.20 bits per heavy atom. The summed E-state index contributed by atoms with van der Waals surface area (Å²) in [4.78, 5) is 18.1. The van der Waals surface area contributed by atoms with Crippen molar-refractivity contribution in [2.45, 2.75) is 62.5 Å². The van der Waals surface area contributed by atoms with Crippen molar-refractivity contribution in [1.82, 2.24) is 9.80 Å². The van der Waals surface area contributed by atoms with Gasteiger partial charge >= 0.3 is 0 Å². The van der Waals surface area contributed by atoms with Crippen LogP contribution in [0.3, 0.4) is 0 Å². The number of benzene rings is 1. The van der Waals surface area contributed by atoms with Gasteiger partial charge < -0.3 is 38.6 Å². The summed E-state index contributed by atoms with van der Waals surface area (Å²) in [6.45, 7) is 8.15. The van der Waals surface area contributed by atoms with E-state index in [0.717, 1.165) is 16.7 Å². The number of ether oxygens (including phenoxy) is 6. The first kappa shape index (κ1) is 30.6. The third-order valence-corrected chi connectivity index (χ3v) is 9.61. The summed E-state index contributed by atoms with van der Waals surface area (Å²) in [6, 6.07) is 1.68. The Hall–Kier alpha value is -3.44. The molecule has 44 heavy (non-hydrogen) atoms. The monoisotopic (exact) mass is 609 g/mol. The van der Waals surface area contributed by atoms with E-state index in [0.29, 0.717) is 37.7 Å². The van der Waals surface area contributed by atoms with E-state index in [1.165, 1.54) is 0 Å². The number of hydrogen-bond donors (Lipinski definition) is 2. The van der Waals surface area contributed by atoms with Gasteiger partial charge in [-0.05, 0) is 31.4 Å². The Labute approximate surface area is 256 Å². The standard InChI is InChI=1S/C32H39N3O9/c1-6-7-34-20-11-19-10-17(2)27(40-5)29(42-15-41-9-8-39-4)24(19)26(34)21-12-32(38)25(23(14-36)35(21)22(20)13-33)30-28(43-16-44-30)18(3)31(32)37/h6,10,20-23,26,36,38H,1,7-9,11-12,14-16H2,2-5H3/t20-,21?,22-,23-,26-,32?/m0/s1. The number of nitriles is 1. The maximum absolute atomic E-state index is 13.9. The zero-order valence-electron chi connectivity index (χ0n) is 25.5. The fourth-order valence-corrected chi connectivity index (χ4v) is 7.97. The van der Waals surface area contributed by atoms with Crippen LogP contribution in [0.2, 0.25) is 0 Å². The predicted octanol–water partition coefficient (Wildman–Crippen LogP) is 1.64. The second kappa shape index (κ2) is 11.8. The number of piperazine rings is 1. The quantitative estimate of drug-likeness (QED) is 0.226. The number of fused-ring (bicyclic) bond motifs is 8. The molecule has 1 aliphatic carbocycles. The molecule has 0 amide bonds. The van der Waals surface area contributed by atoms with Crippen LogP contribution >= 0.6 is 0 Å². The number of hydrogen-bond acceptors (Lipinski definition) is 12. The van der Waals surface area contributed by atoms with Crippen molar-refractivity contribution in [1.29, 1.82) is 5.26 Å². The minimum absolute atomic E-state index is 0.0439. The molecule has 1 aromatic rings. The molecular formula is C32H39N3O9. The molecule has 12 heteroatoms. The third kappa shape index (κ3) is 4.37. The van der Waals surface area contributed by atoms with E-state index in [1.807, 2.05) is 11.8 Å². The molecule has 3 fully saturated rings. The van der Waals surface area contributed by atoms with E-state index in [-0.39, 0.29) is 48.7 Å². The molecule has 2 N–H and O–H groups in total. The maximum atomic E-state index is 13.9. The molecule has 0 spiro atoms. The first-order valence-corrected chi connectivity index (χ1v) is 14.8. The predicted molar refractivity (Wildman–Crippen MR) is 155 cm³/mol. The normalized spacial score (nSPS) is 30.8. The minimum atomic E-state index is -1.98. The fourth-order valence-electron chi connectivity index (χ4n) is 7.97.